The van der Waals surface area contributed by atoms with Crippen molar-refractivity contribution in [1.29, 1.82) is 0 Å². The van der Waals surface area contributed by atoms with Gasteiger partial charge in [0.1, 0.15) is 0 Å². The Morgan fingerprint density at radius 1 is 1.23 bits per heavy atom. The molecule has 0 aliphatic carbocycles. The lowest BCUT2D eigenvalue weighted by Crippen LogP contribution is -2.20. The van der Waals surface area contributed by atoms with Gasteiger partial charge in [0.15, 0.2) is 0 Å². The zero-order valence-corrected chi connectivity index (χ0v) is 10.4. The van der Waals surface area contributed by atoms with Gasteiger partial charge in [0, 0.05) is 5.33 Å². The summed E-state index contributed by atoms with van der Waals surface area (Å²) in [6, 6.07) is 6.66. The van der Waals surface area contributed by atoms with Crippen LogP contribution in [0, 0.1) is 13.8 Å². The normalized spacial score (nSPS) is 11.8. The zero-order valence-electron chi connectivity index (χ0n) is 8.82. The van der Waals surface area contributed by atoms with E-state index in [4.69, 9.17) is 0 Å². The van der Waals surface area contributed by atoms with E-state index in [9.17, 15) is 0 Å². The van der Waals surface area contributed by atoms with Crippen LogP contribution in [0.25, 0.3) is 0 Å². The number of rotatable bonds is 2. The van der Waals surface area contributed by atoms with Gasteiger partial charge < -0.3 is 0 Å². The van der Waals surface area contributed by atoms with Gasteiger partial charge in [0.25, 0.3) is 0 Å². The van der Waals surface area contributed by atoms with Gasteiger partial charge in [-0.3, -0.25) is 0 Å². The van der Waals surface area contributed by atoms with Gasteiger partial charge >= 0.3 is 0 Å². The van der Waals surface area contributed by atoms with Crippen molar-refractivity contribution in [2.75, 3.05) is 5.33 Å². The third kappa shape index (κ3) is 2.34. The summed E-state index contributed by atoms with van der Waals surface area (Å²) in [6.07, 6.45) is 0. The Morgan fingerprint density at radius 3 is 2.38 bits per heavy atom. The predicted molar refractivity (Wildman–Crippen MR) is 62.7 cm³/mol. The Kier molecular flexibility index (Phi) is 3.18. The molecule has 0 bridgehead atoms. The van der Waals surface area contributed by atoms with Crippen molar-refractivity contribution in [2.24, 2.45) is 0 Å². The monoisotopic (exact) mass is 240 g/mol. The smallest absolute Gasteiger partial charge is 0.0123 e. The lowest BCUT2D eigenvalue weighted by atomic mass is 9.83. The first kappa shape index (κ1) is 10.8. The molecule has 1 aromatic carbocycles. The first-order chi connectivity index (χ1) is 5.97. The predicted octanol–water partition coefficient (Wildman–Crippen LogP) is 3.98. The lowest BCUT2D eigenvalue weighted by molar-refractivity contribution is 0.602. The minimum Gasteiger partial charge on any atom is -0.0919 e. The van der Waals surface area contributed by atoms with Gasteiger partial charge in [-0.25, -0.2) is 0 Å². The molecular formula is C12H17Br. The molecule has 0 heterocycles. The van der Waals surface area contributed by atoms with Crippen LogP contribution in [0.3, 0.4) is 0 Å². The molecule has 1 rings (SSSR count). The van der Waals surface area contributed by atoms with Gasteiger partial charge in [-0.05, 0) is 30.4 Å². The van der Waals surface area contributed by atoms with E-state index in [1.165, 1.54) is 16.7 Å². The van der Waals surface area contributed by atoms with Gasteiger partial charge in [-0.1, -0.05) is 53.5 Å². The quantitative estimate of drug-likeness (QED) is 0.687. The lowest BCUT2D eigenvalue weighted by Gasteiger charge is -2.24. The Morgan fingerprint density at radius 2 is 1.85 bits per heavy atom. The molecule has 1 heteroatoms. The van der Waals surface area contributed by atoms with E-state index in [1.807, 2.05) is 0 Å². The summed E-state index contributed by atoms with van der Waals surface area (Å²) in [5.41, 5.74) is 4.41. The summed E-state index contributed by atoms with van der Waals surface area (Å²) in [5, 5.41) is 1.00. The van der Waals surface area contributed by atoms with Crippen LogP contribution >= 0.6 is 15.9 Å². The van der Waals surface area contributed by atoms with Crippen LogP contribution in [0.2, 0.25) is 0 Å². The fourth-order valence-corrected chi connectivity index (χ4v) is 1.84. The summed E-state index contributed by atoms with van der Waals surface area (Å²) < 4.78 is 0. The number of alkyl halides is 1. The third-order valence-corrected chi connectivity index (χ3v) is 3.86. The van der Waals surface area contributed by atoms with E-state index in [2.05, 4.69) is 61.8 Å². The van der Waals surface area contributed by atoms with Crippen molar-refractivity contribution >= 4 is 15.9 Å². The number of aryl methyl sites for hydroxylation is 2. The van der Waals surface area contributed by atoms with E-state index in [0.29, 0.717) is 0 Å². The van der Waals surface area contributed by atoms with E-state index >= 15 is 0 Å². The summed E-state index contributed by atoms with van der Waals surface area (Å²) in [5.74, 6) is 0. The van der Waals surface area contributed by atoms with Crippen LogP contribution in [0.4, 0.5) is 0 Å². The minimum absolute atomic E-state index is 0.232. The highest BCUT2D eigenvalue weighted by atomic mass is 79.9. The largest absolute Gasteiger partial charge is 0.0919 e. The Labute approximate surface area is 89.5 Å². The second-order valence-electron chi connectivity index (χ2n) is 4.34. The Hall–Kier alpha value is -0.300. The maximum atomic E-state index is 3.57. The van der Waals surface area contributed by atoms with Crippen molar-refractivity contribution in [3.05, 3.63) is 34.9 Å². The molecule has 0 unspecified atom stereocenters. The average molecular weight is 241 g/mol. The van der Waals surface area contributed by atoms with Crippen molar-refractivity contribution in [2.45, 2.75) is 33.1 Å². The molecule has 0 amide bonds. The minimum atomic E-state index is 0.232. The van der Waals surface area contributed by atoms with Gasteiger partial charge in [0.05, 0.1) is 0 Å². The molecule has 0 saturated carbocycles. The van der Waals surface area contributed by atoms with Crippen LogP contribution in [0.5, 0.6) is 0 Å². The maximum Gasteiger partial charge on any atom is 0.0123 e. The van der Waals surface area contributed by atoms with Crippen LogP contribution < -0.4 is 0 Å². The molecular weight excluding hydrogens is 224 g/mol. The topological polar surface area (TPSA) is 0 Å². The second-order valence-corrected chi connectivity index (χ2v) is 4.90. The standard InChI is InChI=1S/C12H17Br/c1-9-5-6-10(2)11(7-9)12(3,4)8-13/h5-7H,8H2,1-4H3. The Balaban J connectivity index is 3.20. The van der Waals surface area contributed by atoms with Gasteiger partial charge in [0.2, 0.25) is 0 Å². The number of halogens is 1. The van der Waals surface area contributed by atoms with Crippen LogP contribution in [0.15, 0.2) is 18.2 Å². The molecule has 13 heavy (non-hydrogen) atoms. The van der Waals surface area contributed by atoms with E-state index < -0.39 is 0 Å². The number of benzene rings is 1. The molecule has 0 spiro atoms. The zero-order chi connectivity index (χ0) is 10.1. The number of hydrogen-bond acceptors (Lipinski definition) is 0. The molecule has 0 N–H and O–H groups in total. The second kappa shape index (κ2) is 3.83. The molecule has 0 atom stereocenters. The Bertz CT molecular complexity index is 300. The summed E-state index contributed by atoms with van der Waals surface area (Å²) in [4.78, 5) is 0. The van der Waals surface area contributed by atoms with Crippen molar-refractivity contribution < 1.29 is 0 Å². The van der Waals surface area contributed by atoms with Crippen molar-refractivity contribution in [1.82, 2.24) is 0 Å². The number of hydrogen-bond donors (Lipinski definition) is 0. The fourth-order valence-electron chi connectivity index (χ4n) is 1.54. The summed E-state index contributed by atoms with van der Waals surface area (Å²) >= 11 is 3.57. The molecule has 0 nitrogen and oxygen atoms in total. The molecule has 0 aliphatic heterocycles. The fraction of sp³-hybridized carbons (Fsp3) is 0.500. The highest BCUT2D eigenvalue weighted by molar-refractivity contribution is 9.09. The third-order valence-electron chi connectivity index (χ3n) is 2.46. The van der Waals surface area contributed by atoms with Gasteiger partial charge in [-0.2, -0.15) is 0 Å². The SMILES string of the molecule is Cc1ccc(C)c(C(C)(C)CBr)c1. The van der Waals surface area contributed by atoms with E-state index in [-0.39, 0.29) is 5.41 Å². The van der Waals surface area contributed by atoms with Gasteiger partial charge in [-0.15, -0.1) is 0 Å². The molecule has 0 saturated heterocycles. The highest BCUT2D eigenvalue weighted by Crippen LogP contribution is 2.28. The summed E-state index contributed by atoms with van der Waals surface area (Å²) in [6.45, 7) is 8.86. The van der Waals surface area contributed by atoms with Crippen molar-refractivity contribution in [3.8, 4) is 0 Å². The molecule has 0 aliphatic rings. The molecule has 0 radical (unpaired) electrons. The highest BCUT2D eigenvalue weighted by Gasteiger charge is 2.20. The van der Waals surface area contributed by atoms with Crippen LogP contribution in [0.1, 0.15) is 30.5 Å². The average Bonchev–Trinajstić information content (AvgIpc) is 2.09. The first-order valence-corrected chi connectivity index (χ1v) is 5.73. The van der Waals surface area contributed by atoms with Crippen molar-refractivity contribution in [3.63, 3.8) is 0 Å². The first-order valence-electron chi connectivity index (χ1n) is 4.61. The molecule has 0 aromatic heterocycles. The van der Waals surface area contributed by atoms with E-state index in [1.54, 1.807) is 0 Å². The summed E-state index contributed by atoms with van der Waals surface area (Å²) in [7, 11) is 0. The van der Waals surface area contributed by atoms with Crippen LogP contribution in [-0.4, -0.2) is 5.33 Å². The molecule has 72 valence electrons. The van der Waals surface area contributed by atoms with Crippen LogP contribution in [-0.2, 0) is 5.41 Å². The molecule has 0 fully saturated rings. The molecule has 1 aromatic rings. The maximum absolute atomic E-state index is 3.57. The van der Waals surface area contributed by atoms with E-state index in [0.717, 1.165) is 5.33 Å².